The highest BCUT2D eigenvalue weighted by Gasteiger charge is 2.18. The molecule has 1 unspecified atom stereocenters. The van der Waals surface area contributed by atoms with Gasteiger partial charge in [0, 0.05) is 33.1 Å². The molecule has 0 bridgehead atoms. The van der Waals surface area contributed by atoms with Gasteiger partial charge < -0.3 is 19.8 Å². The van der Waals surface area contributed by atoms with Gasteiger partial charge in [-0.1, -0.05) is 30.3 Å². The number of hydrogen-bond acceptors (Lipinski definition) is 7. The van der Waals surface area contributed by atoms with Gasteiger partial charge in [0.15, 0.2) is 0 Å². The van der Waals surface area contributed by atoms with Gasteiger partial charge in [-0.25, -0.2) is 14.3 Å². The zero-order valence-electron chi connectivity index (χ0n) is 18.2. The number of anilines is 1. The summed E-state index contributed by atoms with van der Waals surface area (Å²) in [6, 6.07) is 10.9. The number of aromatic nitrogens is 5. The van der Waals surface area contributed by atoms with Crippen LogP contribution in [0.3, 0.4) is 0 Å². The molecule has 2 aromatic heterocycles. The van der Waals surface area contributed by atoms with Crippen molar-refractivity contribution in [3.63, 3.8) is 0 Å². The molecule has 0 saturated heterocycles. The molecule has 1 aromatic carbocycles. The summed E-state index contributed by atoms with van der Waals surface area (Å²) in [6.45, 7) is 0.922. The highest BCUT2D eigenvalue weighted by atomic mass is 16.2. The standard InChI is InChI=1S/C22H27N7O3/c1-27(2)20-13-18(9-6-12-30)25-29(20)11-10-19(15-31)24-22(32)21-23-16-28(26-21)14-17-7-4-3-5-8-17/h3-5,7-8,12-13,15-16,19H,6,9-11,14H2,1-2H3,(H,24,32). The molecule has 0 spiro atoms. The first kappa shape index (κ1) is 22.9. The summed E-state index contributed by atoms with van der Waals surface area (Å²) in [6.07, 6.45) is 4.37. The van der Waals surface area contributed by atoms with E-state index < -0.39 is 11.9 Å². The molecule has 10 nitrogen and oxygen atoms in total. The molecule has 32 heavy (non-hydrogen) atoms. The van der Waals surface area contributed by atoms with E-state index in [4.69, 9.17) is 0 Å². The van der Waals surface area contributed by atoms with Gasteiger partial charge in [-0.2, -0.15) is 5.10 Å². The molecule has 1 atom stereocenters. The van der Waals surface area contributed by atoms with E-state index >= 15 is 0 Å². The molecule has 2 heterocycles. The molecule has 0 aliphatic carbocycles. The molecule has 3 aromatic rings. The molecule has 0 saturated carbocycles. The first-order valence-electron chi connectivity index (χ1n) is 10.4. The summed E-state index contributed by atoms with van der Waals surface area (Å²) in [4.78, 5) is 40.7. The van der Waals surface area contributed by atoms with Crippen LogP contribution in [0.1, 0.15) is 34.7 Å². The van der Waals surface area contributed by atoms with Gasteiger partial charge in [0.1, 0.15) is 24.7 Å². The Morgan fingerprint density at radius 2 is 1.97 bits per heavy atom. The van der Waals surface area contributed by atoms with Gasteiger partial charge in [0.2, 0.25) is 5.82 Å². The summed E-state index contributed by atoms with van der Waals surface area (Å²) in [5, 5.41) is 11.4. The molecule has 0 aliphatic heterocycles. The molecule has 168 valence electrons. The molecule has 10 heteroatoms. The Bertz CT molecular complexity index is 1040. The van der Waals surface area contributed by atoms with Crippen molar-refractivity contribution in [1.29, 1.82) is 0 Å². The maximum absolute atomic E-state index is 12.5. The minimum atomic E-state index is -0.707. The molecule has 3 rings (SSSR count). The number of benzene rings is 1. The smallest absolute Gasteiger partial charge is 0.291 e. The molecular weight excluding hydrogens is 410 g/mol. The van der Waals surface area contributed by atoms with Crippen LogP contribution in [0.2, 0.25) is 0 Å². The van der Waals surface area contributed by atoms with Crippen molar-refractivity contribution in [2.45, 2.75) is 38.4 Å². The molecule has 0 fully saturated rings. The van der Waals surface area contributed by atoms with Crippen LogP contribution in [0.15, 0.2) is 42.7 Å². The predicted octanol–water partition coefficient (Wildman–Crippen LogP) is 1.11. The zero-order valence-corrected chi connectivity index (χ0v) is 18.2. The van der Waals surface area contributed by atoms with Crippen molar-refractivity contribution in [3.05, 3.63) is 59.8 Å². The second-order valence-electron chi connectivity index (χ2n) is 7.57. The van der Waals surface area contributed by atoms with E-state index in [0.717, 1.165) is 23.4 Å². The van der Waals surface area contributed by atoms with Gasteiger partial charge >= 0.3 is 0 Å². The fraction of sp³-hybridized carbons (Fsp3) is 0.364. The average Bonchev–Trinajstić information content (AvgIpc) is 3.43. The fourth-order valence-electron chi connectivity index (χ4n) is 3.23. The Morgan fingerprint density at radius 1 is 1.19 bits per heavy atom. The maximum Gasteiger partial charge on any atom is 0.291 e. The molecule has 1 N–H and O–H groups in total. The van der Waals surface area contributed by atoms with E-state index in [0.29, 0.717) is 38.6 Å². The van der Waals surface area contributed by atoms with Crippen molar-refractivity contribution >= 4 is 24.3 Å². The topological polar surface area (TPSA) is 115 Å². The predicted molar refractivity (Wildman–Crippen MR) is 118 cm³/mol. The SMILES string of the molecule is CN(C)c1cc(CCC=O)nn1CCC(C=O)NC(=O)c1ncn(Cc2ccccc2)n1. The van der Waals surface area contributed by atoms with Crippen LogP contribution in [0.4, 0.5) is 5.82 Å². The zero-order chi connectivity index (χ0) is 22.9. The van der Waals surface area contributed by atoms with Crippen LogP contribution >= 0.6 is 0 Å². The third-order valence-corrected chi connectivity index (χ3v) is 4.85. The molecule has 0 radical (unpaired) electrons. The van der Waals surface area contributed by atoms with Gasteiger partial charge in [-0.05, 0) is 18.4 Å². The van der Waals surface area contributed by atoms with E-state index in [-0.39, 0.29) is 5.82 Å². The molecular formula is C22H27N7O3. The van der Waals surface area contributed by atoms with Crippen molar-refractivity contribution in [2.24, 2.45) is 0 Å². The largest absolute Gasteiger partial charge is 0.363 e. The number of carbonyl (C=O) groups excluding carboxylic acids is 3. The van der Waals surface area contributed by atoms with Crippen molar-refractivity contribution in [2.75, 3.05) is 19.0 Å². The van der Waals surface area contributed by atoms with Crippen LogP contribution in [-0.2, 0) is 29.1 Å². The number of aryl methyl sites for hydroxylation is 2. The number of nitrogens with one attached hydrogen (secondary N) is 1. The highest BCUT2D eigenvalue weighted by molar-refractivity contribution is 5.92. The number of aldehydes is 2. The number of nitrogens with zero attached hydrogens (tertiary/aromatic N) is 6. The lowest BCUT2D eigenvalue weighted by molar-refractivity contribution is -0.109. The normalized spacial score (nSPS) is 11.7. The second-order valence-corrected chi connectivity index (χ2v) is 7.57. The molecule has 1 amide bonds. The van der Waals surface area contributed by atoms with Crippen LogP contribution < -0.4 is 10.2 Å². The average molecular weight is 438 g/mol. The maximum atomic E-state index is 12.5. The van der Waals surface area contributed by atoms with Gasteiger partial charge in [-0.15, -0.1) is 5.10 Å². The summed E-state index contributed by atoms with van der Waals surface area (Å²) >= 11 is 0. The lowest BCUT2D eigenvalue weighted by Gasteiger charge is -2.16. The summed E-state index contributed by atoms with van der Waals surface area (Å²) in [5.41, 5.74) is 1.85. The number of hydrogen-bond donors (Lipinski definition) is 1. The van der Waals surface area contributed by atoms with E-state index in [1.54, 1.807) is 9.36 Å². The highest BCUT2D eigenvalue weighted by Crippen LogP contribution is 2.16. The van der Waals surface area contributed by atoms with Crippen molar-refractivity contribution < 1.29 is 14.4 Å². The van der Waals surface area contributed by atoms with Crippen LogP contribution in [0, 0.1) is 0 Å². The van der Waals surface area contributed by atoms with Gasteiger partial charge in [0.05, 0.1) is 18.3 Å². The summed E-state index contributed by atoms with van der Waals surface area (Å²) in [5.74, 6) is 0.370. The molecule has 0 aliphatic rings. The van der Waals surface area contributed by atoms with Gasteiger partial charge in [0.25, 0.3) is 5.91 Å². The fourth-order valence-corrected chi connectivity index (χ4v) is 3.23. The quantitative estimate of drug-likeness (QED) is 0.422. The third kappa shape index (κ3) is 6.10. The van der Waals surface area contributed by atoms with E-state index in [1.807, 2.05) is 55.4 Å². The number of carbonyl (C=O) groups is 3. The van der Waals surface area contributed by atoms with Crippen LogP contribution in [-0.4, -0.2) is 63.2 Å². The van der Waals surface area contributed by atoms with E-state index in [2.05, 4.69) is 20.5 Å². The third-order valence-electron chi connectivity index (χ3n) is 4.85. The van der Waals surface area contributed by atoms with Crippen molar-refractivity contribution in [3.8, 4) is 0 Å². The minimum absolute atomic E-state index is 0.0111. The lowest BCUT2D eigenvalue weighted by Crippen LogP contribution is -2.37. The number of amides is 1. The Hall–Kier alpha value is -3.82. The first-order valence-corrected chi connectivity index (χ1v) is 10.4. The Balaban J connectivity index is 1.59. The van der Waals surface area contributed by atoms with Gasteiger partial charge in [-0.3, -0.25) is 4.79 Å². The Labute approximate surface area is 186 Å². The Kier molecular flexibility index (Phi) is 7.85. The summed E-state index contributed by atoms with van der Waals surface area (Å²) in [7, 11) is 3.79. The lowest BCUT2D eigenvalue weighted by atomic mass is 10.2. The van der Waals surface area contributed by atoms with E-state index in [9.17, 15) is 14.4 Å². The minimum Gasteiger partial charge on any atom is -0.363 e. The second kappa shape index (κ2) is 11.0. The van der Waals surface area contributed by atoms with E-state index in [1.165, 1.54) is 6.33 Å². The Morgan fingerprint density at radius 3 is 2.66 bits per heavy atom. The summed E-state index contributed by atoms with van der Waals surface area (Å²) < 4.78 is 3.35. The first-order chi connectivity index (χ1) is 15.5. The number of rotatable bonds is 12. The monoisotopic (exact) mass is 437 g/mol. The van der Waals surface area contributed by atoms with Crippen molar-refractivity contribution in [1.82, 2.24) is 29.9 Å². The van der Waals surface area contributed by atoms with Crippen LogP contribution in [0.25, 0.3) is 0 Å². The van der Waals surface area contributed by atoms with Crippen LogP contribution in [0.5, 0.6) is 0 Å².